The summed E-state index contributed by atoms with van der Waals surface area (Å²) in [5.74, 6) is 0.285. The van der Waals surface area contributed by atoms with E-state index < -0.39 is 5.97 Å². The summed E-state index contributed by atoms with van der Waals surface area (Å²) in [5.41, 5.74) is 0.916. The molecule has 1 saturated heterocycles. The molecule has 0 bridgehead atoms. The van der Waals surface area contributed by atoms with Crippen LogP contribution in [0.25, 0.3) is 11.5 Å². The summed E-state index contributed by atoms with van der Waals surface area (Å²) in [5, 5.41) is 13.0. The van der Waals surface area contributed by atoms with Crippen LogP contribution in [0.1, 0.15) is 62.6 Å². The van der Waals surface area contributed by atoms with Crippen molar-refractivity contribution in [1.82, 2.24) is 15.0 Å². The Morgan fingerprint density at radius 1 is 1.29 bits per heavy atom. The Kier molecular flexibility index (Phi) is 5.82. The van der Waals surface area contributed by atoms with Crippen LogP contribution >= 0.6 is 0 Å². The third-order valence-electron chi connectivity index (χ3n) is 5.06. The summed E-state index contributed by atoms with van der Waals surface area (Å²) in [4.78, 5) is 30.4. The molecule has 1 aliphatic heterocycles. The first-order valence-corrected chi connectivity index (χ1v) is 9.70. The molecule has 1 amide bonds. The molecule has 28 heavy (non-hydrogen) atoms. The van der Waals surface area contributed by atoms with Gasteiger partial charge in [0.25, 0.3) is 11.8 Å². The van der Waals surface area contributed by atoms with Gasteiger partial charge < -0.3 is 14.5 Å². The molecule has 0 aliphatic carbocycles. The van der Waals surface area contributed by atoms with Crippen molar-refractivity contribution in [3.63, 3.8) is 0 Å². The lowest BCUT2D eigenvalue weighted by molar-refractivity contribution is -0.137. The predicted molar refractivity (Wildman–Crippen MR) is 104 cm³/mol. The molecule has 0 radical (unpaired) electrons. The van der Waals surface area contributed by atoms with Crippen LogP contribution in [0.5, 0.6) is 0 Å². The van der Waals surface area contributed by atoms with Gasteiger partial charge >= 0.3 is 5.97 Å². The van der Waals surface area contributed by atoms with Crippen molar-refractivity contribution in [2.45, 2.75) is 51.9 Å². The maximum atomic E-state index is 13.2. The number of aromatic nitrogens is 2. The van der Waals surface area contributed by atoms with Crippen molar-refractivity contribution in [2.75, 3.05) is 13.1 Å². The zero-order valence-electron chi connectivity index (χ0n) is 16.6. The van der Waals surface area contributed by atoms with Crippen molar-refractivity contribution in [2.24, 2.45) is 5.92 Å². The van der Waals surface area contributed by atoms with E-state index in [-0.39, 0.29) is 23.7 Å². The number of carbonyl (C=O) groups excluding carboxylic acids is 1. The van der Waals surface area contributed by atoms with Crippen molar-refractivity contribution in [3.8, 4) is 11.5 Å². The number of amides is 1. The highest BCUT2D eigenvalue weighted by Gasteiger charge is 2.28. The fourth-order valence-electron chi connectivity index (χ4n) is 3.48. The van der Waals surface area contributed by atoms with Crippen LogP contribution in [-0.4, -0.2) is 45.1 Å². The topological polar surface area (TPSA) is 96.5 Å². The minimum absolute atomic E-state index is 0.0777. The molecule has 3 rings (SSSR count). The minimum Gasteiger partial charge on any atom is -0.481 e. The molecule has 7 heteroatoms. The van der Waals surface area contributed by atoms with E-state index in [1.807, 2.05) is 43.9 Å². The number of hydrogen-bond acceptors (Lipinski definition) is 5. The number of benzene rings is 1. The number of carboxylic acids is 1. The Labute approximate surface area is 164 Å². The van der Waals surface area contributed by atoms with Crippen LogP contribution in [0.3, 0.4) is 0 Å². The van der Waals surface area contributed by atoms with E-state index in [9.17, 15) is 9.59 Å². The number of rotatable bonds is 5. The van der Waals surface area contributed by atoms with Crippen LogP contribution in [0.15, 0.2) is 28.8 Å². The zero-order chi connectivity index (χ0) is 20.3. The Hall–Kier alpha value is -2.70. The summed E-state index contributed by atoms with van der Waals surface area (Å²) >= 11 is 0. The highest BCUT2D eigenvalue weighted by molar-refractivity contribution is 6.00. The molecule has 1 aromatic carbocycles. The standard InChI is InChI=1S/C21H27N3O4/c1-21(2,3)20-22-18(28-23-20)15-8-4-5-9-16(15)19(27)24-12-6-7-14(13-24)10-11-17(25)26/h4-5,8-9,14H,6-7,10-13H2,1-3H3,(H,25,26)/t14-/m1/s1. The van der Waals surface area contributed by atoms with Crippen LogP contribution < -0.4 is 0 Å². The van der Waals surface area contributed by atoms with Crippen LogP contribution in [0, 0.1) is 5.92 Å². The SMILES string of the molecule is CC(C)(C)c1noc(-c2ccccc2C(=O)N2CCC[C@H](CCC(=O)O)C2)n1. The quantitative estimate of drug-likeness (QED) is 0.842. The third-order valence-corrected chi connectivity index (χ3v) is 5.06. The van der Waals surface area contributed by atoms with Gasteiger partial charge in [-0.3, -0.25) is 9.59 Å². The number of likely N-dealkylation sites (tertiary alicyclic amines) is 1. The first kappa shape index (κ1) is 20.0. The molecule has 150 valence electrons. The fraction of sp³-hybridized carbons (Fsp3) is 0.524. The Balaban J connectivity index is 1.81. The average molecular weight is 385 g/mol. The van der Waals surface area contributed by atoms with Crippen LogP contribution in [-0.2, 0) is 10.2 Å². The molecule has 0 spiro atoms. The summed E-state index contributed by atoms with van der Waals surface area (Å²) in [7, 11) is 0. The second-order valence-electron chi connectivity index (χ2n) is 8.41. The molecule has 0 saturated carbocycles. The zero-order valence-corrected chi connectivity index (χ0v) is 16.6. The van der Waals surface area contributed by atoms with Gasteiger partial charge in [-0.2, -0.15) is 4.98 Å². The molecule has 1 fully saturated rings. The number of carbonyl (C=O) groups is 2. The highest BCUT2D eigenvalue weighted by Crippen LogP contribution is 2.28. The molecule has 0 unspecified atom stereocenters. The summed E-state index contributed by atoms with van der Waals surface area (Å²) in [6.45, 7) is 7.27. The number of carboxylic acid groups (broad SMARTS) is 1. The monoisotopic (exact) mass is 385 g/mol. The molecule has 2 aromatic rings. The molecular weight excluding hydrogens is 358 g/mol. The van der Waals surface area contributed by atoms with Crippen LogP contribution in [0.2, 0.25) is 0 Å². The number of piperidine rings is 1. The van der Waals surface area contributed by atoms with E-state index in [1.54, 1.807) is 6.07 Å². The van der Waals surface area contributed by atoms with Crippen molar-refractivity contribution in [3.05, 3.63) is 35.7 Å². The summed E-state index contributed by atoms with van der Waals surface area (Å²) in [6.07, 6.45) is 2.57. The second kappa shape index (κ2) is 8.12. The lowest BCUT2D eigenvalue weighted by atomic mass is 9.92. The minimum atomic E-state index is -0.792. The summed E-state index contributed by atoms with van der Waals surface area (Å²) in [6, 6.07) is 7.26. The first-order chi connectivity index (χ1) is 13.3. The molecule has 1 atom stereocenters. The molecule has 1 aliphatic rings. The number of nitrogens with zero attached hydrogens (tertiary/aromatic N) is 3. The van der Waals surface area contributed by atoms with E-state index in [0.29, 0.717) is 42.4 Å². The van der Waals surface area contributed by atoms with Crippen molar-refractivity contribution < 1.29 is 19.2 Å². The Morgan fingerprint density at radius 2 is 2.04 bits per heavy atom. The van der Waals surface area contributed by atoms with Crippen molar-refractivity contribution in [1.29, 1.82) is 0 Å². The van der Waals surface area contributed by atoms with E-state index in [1.165, 1.54) is 0 Å². The lowest BCUT2D eigenvalue weighted by Crippen LogP contribution is -2.40. The van der Waals surface area contributed by atoms with Crippen LogP contribution in [0.4, 0.5) is 0 Å². The van der Waals surface area contributed by atoms with Gasteiger partial charge in [-0.1, -0.05) is 38.1 Å². The smallest absolute Gasteiger partial charge is 0.303 e. The fourth-order valence-corrected chi connectivity index (χ4v) is 3.48. The number of hydrogen-bond donors (Lipinski definition) is 1. The molecule has 7 nitrogen and oxygen atoms in total. The van der Waals surface area contributed by atoms with Gasteiger partial charge in [0.1, 0.15) is 0 Å². The van der Waals surface area contributed by atoms with E-state index in [2.05, 4.69) is 10.1 Å². The largest absolute Gasteiger partial charge is 0.481 e. The van der Waals surface area contributed by atoms with E-state index >= 15 is 0 Å². The van der Waals surface area contributed by atoms with Gasteiger partial charge in [0.05, 0.1) is 11.1 Å². The maximum absolute atomic E-state index is 13.2. The molecule has 1 N–H and O–H groups in total. The van der Waals surface area contributed by atoms with Gasteiger partial charge in [-0.25, -0.2) is 0 Å². The van der Waals surface area contributed by atoms with Gasteiger partial charge in [-0.15, -0.1) is 0 Å². The van der Waals surface area contributed by atoms with Gasteiger partial charge in [0.2, 0.25) is 0 Å². The Bertz CT molecular complexity index is 853. The van der Waals surface area contributed by atoms with Crippen molar-refractivity contribution >= 4 is 11.9 Å². The summed E-state index contributed by atoms with van der Waals surface area (Å²) < 4.78 is 5.44. The van der Waals surface area contributed by atoms with E-state index in [0.717, 1.165) is 12.8 Å². The Morgan fingerprint density at radius 3 is 2.71 bits per heavy atom. The molecule has 2 heterocycles. The third kappa shape index (κ3) is 4.58. The van der Waals surface area contributed by atoms with Gasteiger partial charge in [0, 0.05) is 24.9 Å². The molecular formula is C21H27N3O4. The maximum Gasteiger partial charge on any atom is 0.303 e. The lowest BCUT2D eigenvalue weighted by Gasteiger charge is -2.33. The second-order valence-corrected chi connectivity index (χ2v) is 8.41. The predicted octanol–water partition coefficient (Wildman–Crippen LogP) is 3.75. The van der Waals surface area contributed by atoms with E-state index in [4.69, 9.17) is 9.63 Å². The average Bonchev–Trinajstić information content (AvgIpc) is 3.16. The van der Waals surface area contributed by atoms with Gasteiger partial charge in [-0.05, 0) is 37.3 Å². The number of aliphatic carboxylic acids is 1. The first-order valence-electron chi connectivity index (χ1n) is 9.70. The normalized spacial score (nSPS) is 17.5. The molecule has 1 aromatic heterocycles. The van der Waals surface area contributed by atoms with Gasteiger partial charge in [0.15, 0.2) is 5.82 Å². The highest BCUT2D eigenvalue weighted by atomic mass is 16.5.